The summed E-state index contributed by atoms with van der Waals surface area (Å²) < 4.78 is 5.75. The van der Waals surface area contributed by atoms with Crippen LogP contribution in [0.3, 0.4) is 0 Å². The highest BCUT2D eigenvalue weighted by molar-refractivity contribution is 5.89. The highest BCUT2D eigenvalue weighted by atomic mass is 16.5. The van der Waals surface area contributed by atoms with Crippen molar-refractivity contribution >= 4 is 5.97 Å². The van der Waals surface area contributed by atoms with Crippen LogP contribution in [0, 0.1) is 0 Å². The van der Waals surface area contributed by atoms with Crippen molar-refractivity contribution in [1.29, 1.82) is 0 Å². The molecule has 3 nitrogen and oxygen atoms in total. The minimum Gasteiger partial charge on any atom is -0.478 e. The Balaban J connectivity index is 1.74. The highest BCUT2D eigenvalue weighted by Crippen LogP contribution is 2.22. The molecule has 114 valence electrons. The van der Waals surface area contributed by atoms with Crippen LogP contribution in [-0.2, 0) is 6.42 Å². The molecule has 0 fully saturated rings. The van der Waals surface area contributed by atoms with Gasteiger partial charge in [-0.3, -0.25) is 0 Å². The Labute approximate surface area is 134 Å². The molecule has 3 heteroatoms. The lowest BCUT2D eigenvalue weighted by Gasteiger charge is -2.08. The summed E-state index contributed by atoms with van der Waals surface area (Å²) in [5, 5.41) is 9.23. The first-order chi connectivity index (χ1) is 11.2. The molecule has 0 heterocycles. The lowest BCUT2D eigenvalue weighted by molar-refractivity contribution is 0.0696. The maximum Gasteiger partial charge on any atom is 0.335 e. The van der Waals surface area contributed by atoms with Crippen LogP contribution < -0.4 is 4.74 Å². The van der Waals surface area contributed by atoms with Crippen molar-refractivity contribution in [1.82, 2.24) is 0 Å². The maximum atomic E-state index is 11.2. The highest BCUT2D eigenvalue weighted by Gasteiger charge is 2.09. The van der Waals surface area contributed by atoms with Crippen molar-refractivity contribution in [2.75, 3.05) is 0 Å². The molecule has 3 rings (SSSR count). The second kappa shape index (κ2) is 6.79. The number of hydrogen-bond donors (Lipinski definition) is 1. The predicted octanol–water partition coefficient (Wildman–Crippen LogP) is 4.77. The van der Waals surface area contributed by atoms with Crippen LogP contribution in [0.5, 0.6) is 11.5 Å². The number of rotatable bonds is 5. The van der Waals surface area contributed by atoms with E-state index in [0.29, 0.717) is 12.0 Å². The Hall–Kier alpha value is -3.07. The molecular weight excluding hydrogens is 288 g/mol. The van der Waals surface area contributed by atoms with Crippen LogP contribution in [0.2, 0.25) is 0 Å². The molecule has 1 N–H and O–H groups in total. The molecule has 0 radical (unpaired) electrons. The van der Waals surface area contributed by atoms with E-state index in [0.717, 1.165) is 22.6 Å². The molecule has 0 aliphatic carbocycles. The van der Waals surface area contributed by atoms with E-state index < -0.39 is 5.97 Å². The van der Waals surface area contributed by atoms with Gasteiger partial charge in [0.05, 0.1) is 5.56 Å². The Morgan fingerprint density at radius 1 is 0.783 bits per heavy atom. The van der Waals surface area contributed by atoms with Crippen molar-refractivity contribution < 1.29 is 14.6 Å². The maximum absolute atomic E-state index is 11.2. The molecular formula is C20H16O3. The van der Waals surface area contributed by atoms with Gasteiger partial charge in [-0.15, -0.1) is 0 Å². The van der Waals surface area contributed by atoms with Crippen molar-refractivity contribution in [3.05, 3.63) is 95.6 Å². The van der Waals surface area contributed by atoms with E-state index in [1.165, 1.54) is 0 Å². The average molecular weight is 304 g/mol. The molecule has 0 spiro atoms. The van der Waals surface area contributed by atoms with Gasteiger partial charge in [0.15, 0.2) is 0 Å². The zero-order chi connectivity index (χ0) is 16.1. The molecule has 0 aliphatic heterocycles. The van der Waals surface area contributed by atoms with Gasteiger partial charge in [-0.1, -0.05) is 48.5 Å². The Morgan fingerprint density at radius 3 is 2.09 bits per heavy atom. The zero-order valence-electron chi connectivity index (χ0n) is 12.5. The molecule has 0 bridgehead atoms. The fourth-order valence-corrected chi connectivity index (χ4v) is 2.40. The fraction of sp³-hybridized carbons (Fsp3) is 0.0500. The molecule has 0 saturated carbocycles. The first kappa shape index (κ1) is 14.9. The van der Waals surface area contributed by atoms with Crippen LogP contribution in [0.25, 0.3) is 0 Å². The van der Waals surface area contributed by atoms with E-state index in [1.807, 2.05) is 66.7 Å². The minimum absolute atomic E-state index is 0.345. The third kappa shape index (κ3) is 3.77. The number of benzene rings is 3. The molecule has 23 heavy (non-hydrogen) atoms. The summed E-state index contributed by atoms with van der Waals surface area (Å²) in [6, 6.07) is 24.4. The topological polar surface area (TPSA) is 46.5 Å². The monoisotopic (exact) mass is 304 g/mol. The van der Waals surface area contributed by atoms with Crippen LogP contribution >= 0.6 is 0 Å². The van der Waals surface area contributed by atoms with Crippen molar-refractivity contribution in [3.8, 4) is 11.5 Å². The van der Waals surface area contributed by atoms with Gasteiger partial charge in [-0.05, 0) is 47.9 Å². The van der Waals surface area contributed by atoms with Gasteiger partial charge < -0.3 is 9.84 Å². The van der Waals surface area contributed by atoms with Crippen LogP contribution in [0.15, 0.2) is 78.9 Å². The summed E-state index contributed by atoms with van der Waals surface area (Å²) in [4.78, 5) is 11.2. The SMILES string of the molecule is O=C(O)c1ccccc1Cc1ccc(Oc2ccccc2)cc1. The number of aromatic carboxylic acids is 1. The molecule has 0 atom stereocenters. The molecule has 0 aromatic heterocycles. The summed E-state index contributed by atoms with van der Waals surface area (Å²) in [6.45, 7) is 0. The molecule has 3 aromatic carbocycles. The van der Waals surface area contributed by atoms with Crippen LogP contribution in [0.4, 0.5) is 0 Å². The van der Waals surface area contributed by atoms with E-state index in [9.17, 15) is 9.90 Å². The fourth-order valence-electron chi connectivity index (χ4n) is 2.40. The van der Waals surface area contributed by atoms with Gasteiger partial charge in [0.2, 0.25) is 0 Å². The normalized spacial score (nSPS) is 10.3. The minimum atomic E-state index is -0.898. The second-order valence-electron chi connectivity index (χ2n) is 5.20. The molecule has 0 amide bonds. The summed E-state index contributed by atoms with van der Waals surface area (Å²) in [7, 11) is 0. The number of para-hydroxylation sites is 1. The summed E-state index contributed by atoms with van der Waals surface area (Å²) >= 11 is 0. The third-order valence-electron chi connectivity index (χ3n) is 3.54. The number of carbonyl (C=O) groups is 1. The number of hydrogen-bond acceptors (Lipinski definition) is 2. The summed E-state index contributed by atoms with van der Waals surface area (Å²) in [6.07, 6.45) is 0.577. The number of carboxylic acids is 1. The lowest BCUT2D eigenvalue weighted by Crippen LogP contribution is -2.02. The first-order valence-corrected chi connectivity index (χ1v) is 7.35. The van der Waals surface area contributed by atoms with Crippen LogP contribution in [0.1, 0.15) is 21.5 Å². The van der Waals surface area contributed by atoms with E-state index in [2.05, 4.69) is 0 Å². The Kier molecular flexibility index (Phi) is 4.39. The Bertz CT molecular complexity index is 793. The summed E-state index contributed by atoms with van der Waals surface area (Å²) in [5.74, 6) is 0.646. The second-order valence-corrected chi connectivity index (χ2v) is 5.20. The van der Waals surface area contributed by atoms with Gasteiger partial charge in [-0.2, -0.15) is 0 Å². The molecule has 0 unspecified atom stereocenters. The van der Waals surface area contributed by atoms with E-state index in [-0.39, 0.29) is 0 Å². The quantitative estimate of drug-likeness (QED) is 0.738. The molecule has 0 saturated heterocycles. The van der Waals surface area contributed by atoms with E-state index >= 15 is 0 Å². The lowest BCUT2D eigenvalue weighted by atomic mass is 10.00. The van der Waals surface area contributed by atoms with E-state index in [1.54, 1.807) is 12.1 Å². The largest absolute Gasteiger partial charge is 0.478 e. The van der Waals surface area contributed by atoms with Gasteiger partial charge in [0.1, 0.15) is 11.5 Å². The first-order valence-electron chi connectivity index (χ1n) is 7.35. The van der Waals surface area contributed by atoms with Gasteiger partial charge in [-0.25, -0.2) is 4.79 Å². The third-order valence-corrected chi connectivity index (χ3v) is 3.54. The Morgan fingerprint density at radius 2 is 1.39 bits per heavy atom. The number of ether oxygens (including phenoxy) is 1. The molecule has 0 aliphatic rings. The van der Waals surface area contributed by atoms with Gasteiger partial charge >= 0.3 is 5.97 Å². The van der Waals surface area contributed by atoms with Crippen LogP contribution in [-0.4, -0.2) is 11.1 Å². The van der Waals surface area contributed by atoms with Crippen molar-refractivity contribution in [2.24, 2.45) is 0 Å². The number of carboxylic acid groups (broad SMARTS) is 1. The standard InChI is InChI=1S/C20H16O3/c21-20(22)19-9-5-4-6-16(19)14-15-10-12-18(13-11-15)23-17-7-2-1-3-8-17/h1-13H,14H2,(H,21,22). The van der Waals surface area contributed by atoms with E-state index in [4.69, 9.17) is 4.74 Å². The van der Waals surface area contributed by atoms with Crippen molar-refractivity contribution in [2.45, 2.75) is 6.42 Å². The molecule has 3 aromatic rings. The predicted molar refractivity (Wildman–Crippen MR) is 89.2 cm³/mol. The van der Waals surface area contributed by atoms with Crippen molar-refractivity contribution in [3.63, 3.8) is 0 Å². The van der Waals surface area contributed by atoms with Gasteiger partial charge in [0.25, 0.3) is 0 Å². The zero-order valence-corrected chi connectivity index (χ0v) is 12.5. The summed E-state index contributed by atoms with van der Waals surface area (Å²) in [5.41, 5.74) is 2.19. The van der Waals surface area contributed by atoms with Gasteiger partial charge in [0, 0.05) is 0 Å². The smallest absolute Gasteiger partial charge is 0.335 e. The average Bonchev–Trinajstić information content (AvgIpc) is 2.58.